The highest BCUT2D eigenvalue weighted by molar-refractivity contribution is 7.19. The van der Waals surface area contributed by atoms with Crippen LogP contribution in [0.5, 0.6) is 5.75 Å². The number of aromatic nitrogens is 1. The molecule has 7 nitrogen and oxygen atoms in total. The standard InChI is InChI=1S/C16H18N2O5S/c1-16(2,3)23-15(21)18-14-17-8-12(24-14)10-4-6-11(7-5-10)22-9-13(19)20/h4-8H,9H2,1-3H3,(H,19,20)(H,17,18,21). The Labute approximate surface area is 143 Å². The Hall–Kier alpha value is -2.61. The first kappa shape index (κ1) is 17.7. The van der Waals surface area contributed by atoms with Crippen molar-refractivity contribution >= 4 is 28.5 Å². The molecule has 1 amide bonds. The second kappa shape index (κ2) is 7.31. The summed E-state index contributed by atoms with van der Waals surface area (Å²) >= 11 is 1.31. The molecule has 128 valence electrons. The van der Waals surface area contributed by atoms with Crippen LogP contribution in [0.4, 0.5) is 9.93 Å². The summed E-state index contributed by atoms with van der Waals surface area (Å²) in [4.78, 5) is 27.2. The number of aliphatic carboxylic acids is 1. The summed E-state index contributed by atoms with van der Waals surface area (Å²) in [6.07, 6.45) is 1.09. The van der Waals surface area contributed by atoms with Gasteiger partial charge in [0, 0.05) is 6.20 Å². The number of hydrogen-bond acceptors (Lipinski definition) is 6. The predicted molar refractivity (Wildman–Crippen MR) is 90.5 cm³/mol. The van der Waals surface area contributed by atoms with Gasteiger partial charge in [-0.25, -0.2) is 14.6 Å². The third-order valence-electron chi connectivity index (χ3n) is 2.61. The normalized spacial score (nSPS) is 11.0. The third kappa shape index (κ3) is 5.54. The Morgan fingerprint density at radius 1 is 1.25 bits per heavy atom. The molecule has 2 rings (SSSR count). The van der Waals surface area contributed by atoms with Crippen molar-refractivity contribution < 1.29 is 24.2 Å². The van der Waals surface area contributed by atoms with E-state index in [0.717, 1.165) is 10.4 Å². The van der Waals surface area contributed by atoms with Gasteiger partial charge in [0.05, 0.1) is 4.88 Å². The molecule has 0 aliphatic heterocycles. The van der Waals surface area contributed by atoms with Crippen molar-refractivity contribution in [2.75, 3.05) is 11.9 Å². The number of thiazole rings is 1. The molecule has 0 fully saturated rings. The van der Waals surface area contributed by atoms with E-state index in [9.17, 15) is 9.59 Å². The number of carbonyl (C=O) groups is 2. The van der Waals surface area contributed by atoms with E-state index in [1.165, 1.54) is 11.3 Å². The maximum absolute atomic E-state index is 11.7. The highest BCUT2D eigenvalue weighted by Crippen LogP contribution is 2.30. The quantitative estimate of drug-likeness (QED) is 0.855. The molecule has 0 aliphatic carbocycles. The summed E-state index contributed by atoms with van der Waals surface area (Å²) in [6.45, 7) is 4.97. The number of hydrogen-bond donors (Lipinski definition) is 2. The van der Waals surface area contributed by atoms with E-state index in [4.69, 9.17) is 14.6 Å². The molecule has 2 N–H and O–H groups in total. The summed E-state index contributed by atoms with van der Waals surface area (Å²) in [5.74, 6) is -0.558. The molecule has 0 radical (unpaired) electrons. The first-order chi connectivity index (χ1) is 11.2. The Morgan fingerprint density at radius 3 is 2.50 bits per heavy atom. The van der Waals surface area contributed by atoms with Crippen LogP contribution in [0.1, 0.15) is 20.8 Å². The maximum atomic E-state index is 11.7. The van der Waals surface area contributed by atoms with Crippen LogP contribution in [-0.2, 0) is 9.53 Å². The predicted octanol–water partition coefficient (Wildman–Crippen LogP) is 3.62. The van der Waals surface area contributed by atoms with Crippen molar-refractivity contribution in [2.24, 2.45) is 0 Å². The van der Waals surface area contributed by atoms with Crippen molar-refractivity contribution in [3.8, 4) is 16.2 Å². The fourth-order valence-electron chi connectivity index (χ4n) is 1.72. The van der Waals surface area contributed by atoms with Crippen LogP contribution < -0.4 is 10.1 Å². The van der Waals surface area contributed by atoms with Gasteiger partial charge in [-0.1, -0.05) is 11.3 Å². The number of rotatable bonds is 5. The van der Waals surface area contributed by atoms with Crippen LogP contribution in [0.2, 0.25) is 0 Å². The minimum atomic E-state index is -1.03. The van der Waals surface area contributed by atoms with E-state index < -0.39 is 17.7 Å². The molecular weight excluding hydrogens is 332 g/mol. The number of nitrogens with one attached hydrogen (secondary N) is 1. The zero-order valence-electron chi connectivity index (χ0n) is 13.5. The van der Waals surface area contributed by atoms with E-state index >= 15 is 0 Å². The first-order valence-electron chi connectivity index (χ1n) is 7.14. The highest BCUT2D eigenvalue weighted by Gasteiger charge is 2.17. The molecule has 0 spiro atoms. The number of nitrogens with zero attached hydrogens (tertiary/aromatic N) is 1. The molecule has 1 heterocycles. The lowest BCUT2D eigenvalue weighted by Gasteiger charge is -2.18. The Morgan fingerprint density at radius 2 is 1.92 bits per heavy atom. The average Bonchev–Trinajstić information content (AvgIpc) is 2.92. The average molecular weight is 350 g/mol. The molecule has 0 atom stereocenters. The van der Waals surface area contributed by atoms with Gasteiger partial charge >= 0.3 is 12.1 Å². The molecule has 0 bridgehead atoms. The van der Waals surface area contributed by atoms with Crippen LogP contribution in [0.3, 0.4) is 0 Å². The molecule has 0 aliphatic rings. The monoisotopic (exact) mass is 350 g/mol. The molecule has 0 unspecified atom stereocenters. The van der Waals surface area contributed by atoms with Crippen LogP contribution in [-0.4, -0.2) is 34.4 Å². The van der Waals surface area contributed by atoms with Gasteiger partial charge in [0.25, 0.3) is 0 Å². The number of benzene rings is 1. The van der Waals surface area contributed by atoms with E-state index in [0.29, 0.717) is 10.9 Å². The zero-order chi connectivity index (χ0) is 17.7. The number of carbonyl (C=O) groups excluding carboxylic acids is 1. The van der Waals surface area contributed by atoms with Crippen molar-refractivity contribution in [1.29, 1.82) is 0 Å². The van der Waals surface area contributed by atoms with Gasteiger partial charge < -0.3 is 14.6 Å². The van der Waals surface area contributed by atoms with Gasteiger partial charge in [0.2, 0.25) is 0 Å². The first-order valence-corrected chi connectivity index (χ1v) is 7.95. The SMILES string of the molecule is CC(C)(C)OC(=O)Nc1ncc(-c2ccc(OCC(=O)O)cc2)s1. The van der Waals surface area contributed by atoms with E-state index in [-0.39, 0.29) is 6.61 Å². The van der Waals surface area contributed by atoms with Crippen LogP contribution >= 0.6 is 11.3 Å². The largest absolute Gasteiger partial charge is 0.482 e. The Kier molecular flexibility index (Phi) is 5.40. The Bertz CT molecular complexity index is 719. The molecule has 0 saturated carbocycles. The molecule has 1 aromatic carbocycles. The molecular formula is C16H18N2O5S. The molecule has 24 heavy (non-hydrogen) atoms. The summed E-state index contributed by atoms with van der Waals surface area (Å²) in [7, 11) is 0. The second-order valence-corrected chi connectivity index (χ2v) is 6.89. The summed E-state index contributed by atoms with van der Waals surface area (Å²) < 4.78 is 10.2. The van der Waals surface area contributed by atoms with Crippen LogP contribution in [0.15, 0.2) is 30.5 Å². The topological polar surface area (TPSA) is 97.8 Å². The number of carboxylic acid groups (broad SMARTS) is 1. The van der Waals surface area contributed by atoms with E-state index in [2.05, 4.69) is 10.3 Å². The number of anilines is 1. The third-order valence-corrected chi connectivity index (χ3v) is 3.58. The summed E-state index contributed by atoms with van der Waals surface area (Å²) in [5, 5.41) is 11.6. The second-order valence-electron chi connectivity index (χ2n) is 5.86. The van der Waals surface area contributed by atoms with Crippen LogP contribution in [0.25, 0.3) is 10.4 Å². The highest BCUT2D eigenvalue weighted by atomic mass is 32.1. The maximum Gasteiger partial charge on any atom is 0.413 e. The minimum Gasteiger partial charge on any atom is -0.482 e. The van der Waals surface area contributed by atoms with Gasteiger partial charge in [0.1, 0.15) is 11.4 Å². The van der Waals surface area contributed by atoms with Gasteiger partial charge in [-0.05, 0) is 50.6 Å². The van der Waals surface area contributed by atoms with Gasteiger partial charge in [-0.15, -0.1) is 0 Å². The lowest BCUT2D eigenvalue weighted by Crippen LogP contribution is -2.27. The number of carboxylic acids is 1. The Balaban J connectivity index is 2.00. The van der Waals surface area contributed by atoms with Crippen molar-refractivity contribution in [3.05, 3.63) is 30.5 Å². The zero-order valence-corrected chi connectivity index (χ0v) is 14.3. The van der Waals surface area contributed by atoms with Crippen LogP contribution in [0, 0.1) is 0 Å². The number of amides is 1. The molecule has 0 saturated heterocycles. The molecule has 2 aromatic rings. The minimum absolute atomic E-state index is 0.385. The van der Waals surface area contributed by atoms with Gasteiger partial charge in [0.15, 0.2) is 11.7 Å². The fourth-order valence-corrected chi connectivity index (χ4v) is 2.52. The lowest BCUT2D eigenvalue weighted by atomic mass is 10.2. The van der Waals surface area contributed by atoms with Crippen molar-refractivity contribution in [3.63, 3.8) is 0 Å². The summed E-state index contributed by atoms with van der Waals surface area (Å²) in [6, 6.07) is 6.95. The lowest BCUT2D eigenvalue weighted by molar-refractivity contribution is -0.139. The van der Waals surface area contributed by atoms with E-state index in [1.807, 2.05) is 0 Å². The van der Waals surface area contributed by atoms with Gasteiger partial charge in [-0.2, -0.15) is 0 Å². The molecule has 8 heteroatoms. The smallest absolute Gasteiger partial charge is 0.413 e. The van der Waals surface area contributed by atoms with Crippen molar-refractivity contribution in [1.82, 2.24) is 4.98 Å². The summed E-state index contributed by atoms with van der Waals surface area (Å²) in [5.41, 5.74) is 0.308. The fraction of sp³-hybridized carbons (Fsp3) is 0.312. The van der Waals surface area contributed by atoms with E-state index in [1.54, 1.807) is 51.2 Å². The molecule has 1 aromatic heterocycles. The van der Waals surface area contributed by atoms with Gasteiger partial charge in [-0.3, -0.25) is 5.32 Å². The number of ether oxygens (including phenoxy) is 2. The van der Waals surface area contributed by atoms with Crippen molar-refractivity contribution in [2.45, 2.75) is 26.4 Å².